The molecule has 2 aromatic rings. The maximum absolute atomic E-state index is 12.9. The van der Waals surface area contributed by atoms with Crippen molar-refractivity contribution < 1.29 is 31.1 Å². The standard InChI is InChI=1S/C20H21F3N2O4S/c1-14-3-8-18(13-15(14)2)30(27,28)25-11-9-24(10-12-25)19(26)16-4-6-17(7-5-16)29-20(21,22)23/h3-8,13H,9-12H2,1-2H3. The Balaban J connectivity index is 1.64. The van der Waals surface area contributed by atoms with Gasteiger partial charge in [0.15, 0.2) is 0 Å². The Morgan fingerprint density at radius 1 is 0.933 bits per heavy atom. The van der Waals surface area contributed by atoms with E-state index in [0.717, 1.165) is 23.3 Å². The lowest BCUT2D eigenvalue weighted by Crippen LogP contribution is -2.50. The van der Waals surface area contributed by atoms with E-state index in [-0.39, 0.29) is 42.5 Å². The molecule has 1 heterocycles. The molecule has 1 aliphatic rings. The van der Waals surface area contributed by atoms with Gasteiger partial charge in [0.2, 0.25) is 10.0 Å². The van der Waals surface area contributed by atoms with E-state index in [4.69, 9.17) is 0 Å². The van der Waals surface area contributed by atoms with Gasteiger partial charge in [-0.2, -0.15) is 4.31 Å². The molecule has 0 saturated carbocycles. The number of carbonyl (C=O) groups is 1. The molecular weight excluding hydrogens is 421 g/mol. The van der Waals surface area contributed by atoms with E-state index in [1.54, 1.807) is 18.2 Å². The van der Waals surface area contributed by atoms with Crippen molar-refractivity contribution in [3.8, 4) is 5.75 Å². The Morgan fingerprint density at radius 2 is 1.53 bits per heavy atom. The van der Waals surface area contributed by atoms with Crippen LogP contribution in [0.25, 0.3) is 0 Å². The molecule has 2 aromatic carbocycles. The van der Waals surface area contributed by atoms with Gasteiger partial charge in [-0.05, 0) is 61.4 Å². The van der Waals surface area contributed by atoms with Crippen LogP contribution in [0.5, 0.6) is 5.75 Å². The number of aryl methyl sites for hydroxylation is 2. The average Bonchev–Trinajstić information content (AvgIpc) is 2.69. The Morgan fingerprint density at radius 3 is 2.07 bits per heavy atom. The Hall–Kier alpha value is -2.59. The molecule has 0 atom stereocenters. The van der Waals surface area contributed by atoms with Crippen molar-refractivity contribution in [3.05, 3.63) is 59.2 Å². The third-order valence-electron chi connectivity index (χ3n) is 4.98. The minimum Gasteiger partial charge on any atom is -0.406 e. The van der Waals surface area contributed by atoms with Crippen LogP contribution < -0.4 is 4.74 Å². The fourth-order valence-electron chi connectivity index (χ4n) is 3.14. The number of sulfonamides is 1. The topological polar surface area (TPSA) is 66.9 Å². The molecule has 0 N–H and O–H groups in total. The fraction of sp³-hybridized carbons (Fsp3) is 0.350. The second-order valence-corrected chi connectivity index (χ2v) is 8.95. The number of hydrogen-bond acceptors (Lipinski definition) is 4. The van der Waals surface area contributed by atoms with Gasteiger partial charge in [0.05, 0.1) is 4.90 Å². The van der Waals surface area contributed by atoms with E-state index in [1.165, 1.54) is 21.3 Å². The number of halogens is 3. The highest BCUT2D eigenvalue weighted by Gasteiger charge is 2.32. The van der Waals surface area contributed by atoms with Crippen LogP contribution in [0.1, 0.15) is 21.5 Å². The summed E-state index contributed by atoms with van der Waals surface area (Å²) in [5, 5.41) is 0. The number of nitrogens with zero attached hydrogens (tertiary/aromatic N) is 2. The smallest absolute Gasteiger partial charge is 0.406 e. The predicted molar refractivity (Wildman–Crippen MR) is 104 cm³/mol. The van der Waals surface area contributed by atoms with Crippen LogP contribution in [0.2, 0.25) is 0 Å². The quantitative estimate of drug-likeness (QED) is 0.729. The van der Waals surface area contributed by atoms with Gasteiger partial charge in [0.1, 0.15) is 5.75 Å². The van der Waals surface area contributed by atoms with Crippen molar-refractivity contribution in [3.63, 3.8) is 0 Å². The van der Waals surface area contributed by atoms with E-state index >= 15 is 0 Å². The maximum atomic E-state index is 12.9. The van der Waals surface area contributed by atoms with Gasteiger partial charge in [0, 0.05) is 31.7 Å². The van der Waals surface area contributed by atoms with Crippen molar-refractivity contribution in [2.45, 2.75) is 25.1 Å². The summed E-state index contributed by atoms with van der Waals surface area (Å²) in [4.78, 5) is 14.3. The summed E-state index contributed by atoms with van der Waals surface area (Å²) >= 11 is 0. The molecule has 0 aromatic heterocycles. The number of piperazine rings is 1. The normalized spacial score (nSPS) is 15.8. The predicted octanol–water partition coefficient (Wildman–Crippen LogP) is 3.35. The second-order valence-electron chi connectivity index (χ2n) is 7.01. The summed E-state index contributed by atoms with van der Waals surface area (Å²) < 4.78 is 67.6. The third-order valence-corrected chi connectivity index (χ3v) is 6.87. The SMILES string of the molecule is Cc1ccc(S(=O)(=O)N2CCN(C(=O)c3ccc(OC(F)(F)F)cc3)CC2)cc1C. The van der Waals surface area contributed by atoms with Crippen LogP contribution in [0.15, 0.2) is 47.4 Å². The van der Waals surface area contributed by atoms with Gasteiger partial charge in [0.25, 0.3) is 5.91 Å². The molecule has 6 nitrogen and oxygen atoms in total. The Bertz CT molecular complexity index is 1030. The van der Waals surface area contributed by atoms with Gasteiger partial charge in [-0.3, -0.25) is 4.79 Å². The van der Waals surface area contributed by atoms with Crippen LogP contribution in [-0.2, 0) is 10.0 Å². The van der Waals surface area contributed by atoms with Gasteiger partial charge >= 0.3 is 6.36 Å². The maximum Gasteiger partial charge on any atom is 0.573 e. The highest BCUT2D eigenvalue weighted by molar-refractivity contribution is 7.89. The molecule has 0 aliphatic carbocycles. The molecule has 1 fully saturated rings. The number of rotatable bonds is 4. The number of alkyl halides is 3. The zero-order chi connectivity index (χ0) is 22.1. The Labute approximate surface area is 172 Å². The molecule has 0 unspecified atom stereocenters. The van der Waals surface area contributed by atoms with E-state index in [0.29, 0.717) is 0 Å². The van der Waals surface area contributed by atoms with Gasteiger partial charge in [-0.25, -0.2) is 8.42 Å². The number of amides is 1. The monoisotopic (exact) mass is 442 g/mol. The molecule has 3 rings (SSSR count). The summed E-state index contributed by atoms with van der Waals surface area (Å²) in [5.74, 6) is -0.792. The third kappa shape index (κ3) is 4.93. The number of ether oxygens (including phenoxy) is 1. The van der Waals surface area contributed by atoms with Crippen molar-refractivity contribution >= 4 is 15.9 Å². The van der Waals surface area contributed by atoms with E-state index in [9.17, 15) is 26.4 Å². The van der Waals surface area contributed by atoms with Gasteiger partial charge < -0.3 is 9.64 Å². The molecule has 0 bridgehead atoms. The molecule has 10 heteroatoms. The fourth-order valence-corrected chi connectivity index (χ4v) is 4.64. The molecular formula is C20H21F3N2O4S. The van der Waals surface area contributed by atoms with Crippen LogP contribution in [0.3, 0.4) is 0 Å². The number of carbonyl (C=O) groups excluding carboxylic acids is 1. The average molecular weight is 442 g/mol. The largest absolute Gasteiger partial charge is 0.573 e. The van der Waals surface area contributed by atoms with Crippen LogP contribution in [0, 0.1) is 13.8 Å². The van der Waals surface area contributed by atoms with E-state index in [2.05, 4.69) is 4.74 Å². The van der Waals surface area contributed by atoms with E-state index in [1.807, 2.05) is 13.8 Å². The van der Waals surface area contributed by atoms with Crippen LogP contribution in [-0.4, -0.2) is 56.1 Å². The minimum atomic E-state index is -4.80. The molecule has 162 valence electrons. The van der Waals surface area contributed by atoms with Crippen molar-refractivity contribution in [2.75, 3.05) is 26.2 Å². The van der Waals surface area contributed by atoms with Crippen LogP contribution in [0.4, 0.5) is 13.2 Å². The first kappa shape index (κ1) is 22.1. The second kappa shape index (κ2) is 8.27. The summed E-state index contributed by atoms with van der Waals surface area (Å²) in [6.07, 6.45) is -4.80. The summed E-state index contributed by atoms with van der Waals surface area (Å²) in [5.41, 5.74) is 2.08. The molecule has 1 aliphatic heterocycles. The highest BCUT2D eigenvalue weighted by Crippen LogP contribution is 2.24. The number of hydrogen-bond donors (Lipinski definition) is 0. The van der Waals surface area contributed by atoms with Crippen molar-refractivity contribution in [2.24, 2.45) is 0 Å². The van der Waals surface area contributed by atoms with Crippen molar-refractivity contribution in [1.29, 1.82) is 0 Å². The zero-order valence-corrected chi connectivity index (χ0v) is 17.3. The molecule has 0 spiro atoms. The molecule has 0 radical (unpaired) electrons. The lowest BCUT2D eigenvalue weighted by molar-refractivity contribution is -0.274. The first-order valence-electron chi connectivity index (χ1n) is 9.20. The molecule has 1 amide bonds. The lowest BCUT2D eigenvalue weighted by Gasteiger charge is -2.34. The lowest BCUT2D eigenvalue weighted by atomic mass is 10.1. The van der Waals surface area contributed by atoms with Crippen LogP contribution >= 0.6 is 0 Å². The minimum absolute atomic E-state index is 0.135. The first-order valence-corrected chi connectivity index (χ1v) is 10.6. The van der Waals surface area contributed by atoms with Crippen molar-refractivity contribution in [1.82, 2.24) is 9.21 Å². The van der Waals surface area contributed by atoms with Gasteiger partial charge in [-0.15, -0.1) is 13.2 Å². The summed E-state index contributed by atoms with van der Waals surface area (Å²) in [6.45, 7) is 4.38. The molecule has 1 saturated heterocycles. The first-order chi connectivity index (χ1) is 14.0. The van der Waals surface area contributed by atoms with Gasteiger partial charge in [-0.1, -0.05) is 6.07 Å². The summed E-state index contributed by atoms with van der Waals surface area (Å²) in [7, 11) is -3.67. The molecule has 30 heavy (non-hydrogen) atoms. The number of benzene rings is 2. The Kier molecular flexibility index (Phi) is 6.09. The van der Waals surface area contributed by atoms with E-state index < -0.39 is 22.1 Å². The zero-order valence-electron chi connectivity index (χ0n) is 16.4. The highest BCUT2D eigenvalue weighted by atomic mass is 32.2. The summed E-state index contributed by atoms with van der Waals surface area (Å²) in [6, 6.07) is 9.60.